The van der Waals surface area contributed by atoms with Crippen molar-refractivity contribution in [3.05, 3.63) is 0 Å². The molecule has 0 bridgehead atoms. The molecule has 0 aromatic carbocycles. The van der Waals surface area contributed by atoms with Crippen LogP contribution in [0.1, 0.15) is 91.9 Å². The zero-order valence-corrected chi connectivity index (χ0v) is 22.9. The van der Waals surface area contributed by atoms with Crippen LogP contribution in [-0.2, 0) is 38.1 Å². The van der Waals surface area contributed by atoms with Gasteiger partial charge in [0.2, 0.25) is 0 Å². The molecular weight excluding hydrogens is 452 g/mol. The Balaban J connectivity index is 0. The van der Waals surface area contributed by atoms with Crippen LogP contribution in [0.4, 0.5) is 0 Å². The van der Waals surface area contributed by atoms with Gasteiger partial charge < -0.3 is 28.5 Å². The van der Waals surface area contributed by atoms with Gasteiger partial charge in [0.1, 0.15) is 18.2 Å². The Labute approximate surface area is 213 Å². The number of hydrogen-bond acceptors (Lipinski definition) is 8. The second kappa shape index (κ2) is 30.8. The zero-order chi connectivity index (χ0) is 26.4. The van der Waals surface area contributed by atoms with Gasteiger partial charge in [-0.2, -0.15) is 0 Å². The molecule has 0 spiro atoms. The number of ether oxygens (including phenoxy) is 5. The normalized spacial score (nSPS) is 10.6. The first-order chi connectivity index (χ1) is 16.9. The summed E-state index contributed by atoms with van der Waals surface area (Å²) >= 11 is 0. The molecule has 0 aromatic heterocycles. The standard InChI is InChI=1S/C18H34O5.C9H18O3/c1-3-4-6-11-21-13-15-23-16-14-22-12-7-5-8-18(20)10-9-17(2)19;1-3-4-5-11-6-7-12-8-9(2)10/h3-16H2,1-2H3;3-8H2,1-2H3. The second-order valence-corrected chi connectivity index (χ2v) is 8.46. The molecular formula is C27H52O8. The SMILES string of the molecule is CCCCCOCCOCCOCCCCC(=O)CCC(C)=O.CCCCOCCOCC(C)=O. The van der Waals surface area contributed by atoms with E-state index in [1.165, 1.54) is 26.7 Å². The summed E-state index contributed by atoms with van der Waals surface area (Å²) < 4.78 is 26.5. The molecule has 208 valence electrons. The topological polar surface area (TPSA) is 97.4 Å². The van der Waals surface area contributed by atoms with Crippen LogP contribution in [0.25, 0.3) is 0 Å². The van der Waals surface area contributed by atoms with Gasteiger partial charge in [0.05, 0.1) is 39.6 Å². The molecule has 0 rings (SSSR count). The highest BCUT2D eigenvalue weighted by Gasteiger charge is 2.03. The molecule has 0 atom stereocenters. The van der Waals surface area contributed by atoms with E-state index < -0.39 is 0 Å². The maximum atomic E-state index is 11.4. The smallest absolute Gasteiger partial charge is 0.155 e. The molecule has 0 aliphatic carbocycles. The lowest BCUT2D eigenvalue weighted by atomic mass is 10.1. The number of hydrogen-bond donors (Lipinski definition) is 0. The van der Waals surface area contributed by atoms with E-state index in [0.29, 0.717) is 65.5 Å². The Morgan fingerprint density at radius 3 is 1.40 bits per heavy atom. The molecule has 0 aliphatic rings. The maximum absolute atomic E-state index is 11.4. The Bertz CT molecular complexity index is 482. The van der Waals surface area contributed by atoms with E-state index in [1.54, 1.807) is 0 Å². The zero-order valence-electron chi connectivity index (χ0n) is 22.9. The van der Waals surface area contributed by atoms with Gasteiger partial charge in [0, 0.05) is 39.1 Å². The predicted octanol–water partition coefficient (Wildman–Crippen LogP) is 4.74. The van der Waals surface area contributed by atoms with E-state index in [2.05, 4.69) is 13.8 Å². The number of unbranched alkanes of at least 4 members (excludes halogenated alkanes) is 4. The van der Waals surface area contributed by atoms with Crippen molar-refractivity contribution in [1.29, 1.82) is 0 Å². The molecule has 0 radical (unpaired) electrons. The lowest BCUT2D eigenvalue weighted by molar-refractivity contribution is -0.123. The van der Waals surface area contributed by atoms with Gasteiger partial charge in [-0.3, -0.25) is 9.59 Å². The van der Waals surface area contributed by atoms with Crippen molar-refractivity contribution < 1.29 is 38.1 Å². The van der Waals surface area contributed by atoms with Crippen LogP contribution in [-0.4, -0.2) is 83.4 Å². The molecule has 0 heterocycles. The lowest BCUT2D eigenvalue weighted by Gasteiger charge is -2.06. The van der Waals surface area contributed by atoms with E-state index in [0.717, 1.165) is 45.3 Å². The first-order valence-electron chi connectivity index (χ1n) is 13.3. The third kappa shape index (κ3) is 37.5. The molecule has 35 heavy (non-hydrogen) atoms. The number of carbonyl (C=O) groups excluding carboxylic acids is 3. The highest BCUT2D eigenvalue weighted by molar-refractivity contribution is 5.84. The summed E-state index contributed by atoms with van der Waals surface area (Å²) in [5.74, 6) is 0.305. The molecule has 0 aliphatic heterocycles. The minimum Gasteiger partial charge on any atom is -0.379 e. The predicted molar refractivity (Wildman–Crippen MR) is 138 cm³/mol. The Morgan fingerprint density at radius 1 is 0.457 bits per heavy atom. The van der Waals surface area contributed by atoms with Crippen molar-refractivity contribution in [1.82, 2.24) is 0 Å². The summed E-state index contributed by atoms with van der Waals surface area (Å²) in [5, 5.41) is 0. The summed E-state index contributed by atoms with van der Waals surface area (Å²) in [5.41, 5.74) is 0. The van der Waals surface area contributed by atoms with Crippen LogP contribution in [0.15, 0.2) is 0 Å². The molecule has 0 fully saturated rings. The maximum Gasteiger partial charge on any atom is 0.155 e. The molecule has 0 saturated carbocycles. The van der Waals surface area contributed by atoms with Crippen LogP contribution in [0, 0.1) is 0 Å². The number of Topliss-reactive ketones (excluding diaryl/α,β-unsaturated/α-hetero) is 3. The molecule has 0 N–H and O–H groups in total. The van der Waals surface area contributed by atoms with Crippen molar-refractivity contribution >= 4 is 17.3 Å². The summed E-state index contributed by atoms with van der Waals surface area (Å²) in [7, 11) is 0. The molecule has 8 heteroatoms. The fourth-order valence-corrected chi connectivity index (χ4v) is 2.64. The number of carbonyl (C=O) groups is 3. The van der Waals surface area contributed by atoms with Crippen molar-refractivity contribution in [2.24, 2.45) is 0 Å². The summed E-state index contributed by atoms with van der Waals surface area (Å²) in [6.45, 7) is 13.3. The second-order valence-electron chi connectivity index (χ2n) is 8.46. The Morgan fingerprint density at radius 2 is 0.914 bits per heavy atom. The number of ketones is 3. The monoisotopic (exact) mass is 504 g/mol. The van der Waals surface area contributed by atoms with Crippen LogP contribution in [0.2, 0.25) is 0 Å². The van der Waals surface area contributed by atoms with Crippen LogP contribution < -0.4 is 0 Å². The van der Waals surface area contributed by atoms with E-state index in [-0.39, 0.29) is 24.0 Å². The third-order valence-corrected chi connectivity index (χ3v) is 4.71. The first kappa shape index (κ1) is 36.0. The third-order valence-electron chi connectivity index (χ3n) is 4.71. The minimum atomic E-state index is 0.0589. The minimum absolute atomic E-state index is 0.0589. The quantitative estimate of drug-likeness (QED) is 0.156. The summed E-state index contributed by atoms with van der Waals surface area (Å²) in [6, 6.07) is 0. The largest absolute Gasteiger partial charge is 0.379 e. The van der Waals surface area contributed by atoms with Gasteiger partial charge in [0.15, 0.2) is 5.78 Å². The highest BCUT2D eigenvalue weighted by atomic mass is 16.5. The molecule has 0 unspecified atom stereocenters. The Hall–Kier alpha value is -1.19. The number of rotatable bonds is 26. The van der Waals surface area contributed by atoms with Crippen LogP contribution in [0.3, 0.4) is 0 Å². The van der Waals surface area contributed by atoms with E-state index in [9.17, 15) is 14.4 Å². The van der Waals surface area contributed by atoms with E-state index in [1.807, 2.05) is 0 Å². The molecule has 0 aromatic rings. The fourth-order valence-electron chi connectivity index (χ4n) is 2.64. The average Bonchev–Trinajstić information content (AvgIpc) is 2.82. The fraction of sp³-hybridized carbons (Fsp3) is 0.889. The summed E-state index contributed by atoms with van der Waals surface area (Å²) in [6.07, 6.45) is 8.77. The average molecular weight is 505 g/mol. The van der Waals surface area contributed by atoms with Gasteiger partial charge in [-0.25, -0.2) is 0 Å². The molecule has 0 amide bonds. The summed E-state index contributed by atoms with van der Waals surface area (Å²) in [4.78, 5) is 32.6. The first-order valence-corrected chi connectivity index (χ1v) is 13.3. The van der Waals surface area contributed by atoms with Gasteiger partial charge in [-0.1, -0.05) is 33.1 Å². The van der Waals surface area contributed by atoms with Gasteiger partial charge in [-0.05, 0) is 39.5 Å². The van der Waals surface area contributed by atoms with E-state index >= 15 is 0 Å². The Kier molecular flexibility index (Phi) is 31.7. The van der Waals surface area contributed by atoms with Crippen molar-refractivity contribution in [3.8, 4) is 0 Å². The molecule has 0 saturated heterocycles. The highest BCUT2D eigenvalue weighted by Crippen LogP contribution is 2.02. The van der Waals surface area contributed by atoms with Gasteiger partial charge in [0.25, 0.3) is 0 Å². The van der Waals surface area contributed by atoms with Crippen molar-refractivity contribution in [3.63, 3.8) is 0 Å². The molecule has 8 nitrogen and oxygen atoms in total. The van der Waals surface area contributed by atoms with Crippen LogP contribution >= 0.6 is 0 Å². The lowest BCUT2D eigenvalue weighted by Crippen LogP contribution is -2.10. The van der Waals surface area contributed by atoms with E-state index in [4.69, 9.17) is 23.7 Å². The van der Waals surface area contributed by atoms with Gasteiger partial charge in [-0.15, -0.1) is 0 Å². The van der Waals surface area contributed by atoms with Crippen molar-refractivity contribution in [2.45, 2.75) is 91.9 Å². The van der Waals surface area contributed by atoms with Gasteiger partial charge >= 0.3 is 0 Å². The van der Waals surface area contributed by atoms with Crippen LogP contribution in [0.5, 0.6) is 0 Å². The van der Waals surface area contributed by atoms with Crippen molar-refractivity contribution in [2.75, 3.05) is 66.1 Å².